The highest BCUT2D eigenvalue weighted by atomic mass is 35.5. The summed E-state index contributed by atoms with van der Waals surface area (Å²) < 4.78 is 0. The van der Waals surface area contributed by atoms with E-state index in [1.807, 2.05) is 6.92 Å². The molecular weight excluding hydrogens is 256 g/mol. The van der Waals surface area contributed by atoms with E-state index >= 15 is 0 Å². The molecule has 3 N–H and O–H groups in total. The van der Waals surface area contributed by atoms with Crippen molar-refractivity contribution in [2.24, 2.45) is 0 Å². The number of amides is 1. The van der Waals surface area contributed by atoms with Gasteiger partial charge in [0.25, 0.3) is 0 Å². The van der Waals surface area contributed by atoms with Gasteiger partial charge in [0, 0.05) is 10.7 Å². The molecule has 1 unspecified atom stereocenters. The summed E-state index contributed by atoms with van der Waals surface area (Å²) in [7, 11) is 0. The maximum atomic E-state index is 11.6. The monoisotopic (exact) mass is 270 g/mol. The van der Waals surface area contributed by atoms with Crippen LogP contribution in [0.4, 0.5) is 5.69 Å². The average Bonchev–Trinajstić information content (AvgIpc) is 2.29. The lowest BCUT2D eigenvalue weighted by Gasteiger charge is -2.11. The Morgan fingerprint density at radius 1 is 1.44 bits per heavy atom. The maximum Gasteiger partial charge on any atom is 0.320 e. The molecule has 0 bridgehead atoms. The van der Waals surface area contributed by atoms with Crippen LogP contribution in [0.25, 0.3) is 0 Å². The number of anilines is 1. The van der Waals surface area contributed by atoms with E-state index in [9.17, 15) is 9.59 Å². The second kappa shape index (κ2) is 6.37. The van der Waals surface area contributed by atoms with Gasteiger partial charge in [-0.1, -0.05) is 11.6 Å². The van der Waals surface area contributed by atoms with Gasteiger partial charge in [0.2, 0.25) is 5.91 Å². The molecule has 0 saturated carbocycles. The van der Waals surface area contributed by atoms with Crippen LogP contribution in [0.15, 0.2) is 18.2 Å². The zero-order valence-corrected chi connectivity index (χ0v) is 10.9. The molecule has 0 aliphatic rings. The van der Waals surface area contributed by atoms with Crippen molar-refractivity contribution in [3.63, 3.8) is 0 Å². The highest BCUT2D eigenvalue weighted by Gasteiger charge is 2.12. The van der Waals surface area contributed by atoms with Crippen LogP contribution < -0.4 is 10.6 Å². The number of carboxylic acids is 1. The normalized spacial score (nSPS) is 11.9. The number of aryl methyl sites for hydroxylation is 1. The van der Waals surface area contributed by atoms with Gasteiger partial charge in [-0.3, -0.25) is 14.9 Å². The lowest BCUT2D eigenvalue weighted by Crippen LogP contribution is -2.39. The lowest BCUT2D eigenvalue weighted by atomic mass is 10.2. The fraction of sp³-hybridized carbons (Fsp3) is 0.333. The molecule has 0 aliphatic carbocycles. The van der Waals surface area contributed by atoms with Crippen molar-refractivity contribution >= 4 is 29.2 Å². The highest BCUT2D eigenvalue weighted by molar-refractivity contribution is 6.30. The molecule has 0 saturated heterocycles. The molecule has 1 rings (SSSR count). The molecule has 1 atom stereocenters. The second-order valence-corrected chi connectivity index (χ2v) is 4.38. The maximum absolute atomic E-state index is 11.6. The predicted molar refractivity (Wildman–Crippen MR) is 69.9 cm³/mol. The first kappa shape index (κ1) is 14.5. The fourth-order valence-electron chi connectivity index (χ4n) is 1.29. The van der Waals surface area contributed by atoms with Gasteiger partial charge >= 0.3 is 5.97 Å². The zero-order valence-electron chi connectivity index (χ0n) is 10.2. The summed E-state index contributed by atoms with van der Waals surface area (Å²) in [4.78, 5) is 22.1. The van der Waals surface area contributed by atoms with Crippen molar-refractivity contribution in [1.29, 1.82) is 0 Å². The van der Waals surface area contributed by atoms with Gasteiger partial charge in [0.15, 0.2) is 0 Å². The summed E-state index contributed by atoms with van der Waals surface area (Å²) in [5, 5.41) is 14.5. The van der Waals surface area contributed by atoms with Crippen LogP contribution in [0.3, 0.4) is 0 Å². The van der Waals surface area contributed by atoms with Crippen molar-refractivity contribution in [2.45, 2.75) is 19.9 Å². The molecule has 0 aromatic heterocycles. The van der Waals surface area contributed by atoms with E-state index in [1.165, 1.54) is 6.92 Å². The Hall–Kier alpha value is -1.59. The summed E-state index contributed by atoms with van der Waals surface area (Å²) >= 11 is 5.80. The molecular formula is C12H15ClN2O3. The molecule has 0 fully saturated rings. The van der Waals surface area contributed by atoms with E-state index < -0.39 is 12.0 Å². The molecule has 0 radical (unpaired) electrons. The Morgan fingerprint density at radius 2 is 2.11 bits per heavy atom. The summed E-state index contributed by atoms with van der Waals surface area (Å²) in [6.07, 6.45) is 0. The third kappa shape index (κ3) is 4.35. The number of hydrogen-bond donors (Lipinski definition) is 3. The van der Waals surface area contributed by atoms with Gasteiger partial charge in [0.1, 0.15) is 6.04 Å². The number of carbonyl (C=O) groups is 2. The summed E-state index contributed by atoms with van der Waals surface area (Å²) in [6, 6.07) is 4.36. The first-order chi connectivity index (χ1) is 8.40. The van der Waals surface area contributed by atoms with E-state index in [4.69, 9.17) is 16.7 Å². The van der Waals surface area contributed by atoms with E-state index in [2.05, 4.69) is 10.6 Å². The van der Waals surface area contributed by atoms with E-state index in [0.29, 0.717) is 10.7 Å². The van der Waals surface area contributed by atoms with Gasteiger partial charge in [-0.15, -0.1) is 0 Å². The van der Waals surface area contributed by atoms with Crippen LogP contribution in [0.2, 0.25) is 5.02 Å². The Balaban J connectivity index is 2.52. The number of carbonyl (C=O) groups excluding carboxylic acids is 1. The van der Waals surface area contributed by atoms with Crippen molar-refractivity contribution in [3.8, 4) is 0 Å². The molecule has 98 valence electrons. The van der Waals surface area contributed by atoms with Crippen molar-refractivity contribution in [1.82, 2.24) is 5.32 Å². The first-order valence-electron chi connectivity index (χ1n) is 5.42. The third-order valence-corrected chi connectivity index (χ3v) is 2.64. The number of aliphatic carboxylic acids is 1. The van der Waals surface area contributed by atoms with Crippen LogP contribution >= 0.6 is 11.6 Å². The number of nitrogens with one attached hydrogen (secondary N) is 2. The van der Waals surface area contributed by atoms with Crippen LogP contribution in [0, 0.1) is 6.92 Å². The lowest BCUT2D eigenvalue weighted by molar-refractivity contribution is -0.139. The molecule has 0 aliphatic heterocycles. The molecule has 1 amide bonds. The Bertz CT molecular complexity index is 463. The smallest absolute Gasteiger partial charge is 0.320 e. The second-order valence-electron chi connectivity index (χ2n) is 3.95. The topological polar surface area (TPSA) is 78.4 Å². The van der Waals surface area contributed by atoms with Crippen molar-refractivity contribution in [3.05, 3.63) is 28.8 Å². The van der Waals surface area contributed by atoms with Gasteiger partial charge in [-0.05, 0) is 37.6 Å². The van der Waals surface area contributed by atoms with Crippen LogP contribution in [0.5, 0.6) is 0 Å². The minimum atomic E-state index is -0.995. The number of carboxylic acid groups (broad SMARTS) is 1. The van der Waals surface area contributed by atoms with E-state index in [1.54, 1.807) is 18.2 Å². The number of rotatable bonds is 5. The highest BCUT2D eigenvalue weighted by Crippen LogP contribution is 2.19. The first-order valence-corrected chi connectivity index (χ1v) is 5.80. The molecule has 5 nitrogen and oxygen atoms in total. The van der Waals surface area contributed by atoms with E-state index in [-0.39, 0.29) is 12.5 Å². The zero-order chi connectivity index (χ0) is 13.7. The predicted octanol–water partition coefficient (Wildman–Crippen LogP) is 1.65. The van der Waals surface area contributed by atoms with Crippen molar-refractivity contribution < 1.29 is 14.7 Å². The summed E-state index contributed by atoms with van der Waals surface area (Å²) in [6.45, 7) is 3.24. The van der Waals surface area contributed by atoms with Crippen molar-refractivity contribution in [2.75, 3.05) is 11.9 Å². The molecule has 1 aromatic rings. The molecule has 1 aromatic carbocycles. The quantitative estimate of drug-likeness (QED) is 0.760. The molecule has 18 heavy (non-hydrogen) atoms. The van der Waals surface area contributed by atoms with Crippen LogP contribution in [0.1, 0.15) is 12.5 Å². The minimum Gasteiger partial charge on any atom is -0.480 e. The average molecular weight is 271 g/mol. The number of benzene rings is 1. The Morgan fingerprint density at radius 3 is 2.67 bits per heavy atom. The summed E-state index contributed by atoms with van der Waals surface area (Å²) in [5.41, 5.74) is 1.51. The molecule has 0 heterocycles. The molecule has 6 heteroatoms. The number of halogens is 1. The third-order valence-electron chi connectivity index (χ3n) is 2.40. The number of hydrogen-bond acceptors (Lipinski definition) is 3. The van der Waals surface area contributed by atoms with Gasteiger partial charge in [0.05, 0.1) is 6.54 Å². The minimum absolute atomic E-state index is 0.0600. The Labute approximate surface area is 110 Å². The largest absolute Gasteiger partial charge is 0.480 e. The Kier molecular flexibility index (Phi) is 5.12. The fourth-order valence-corrected chi connectivity index (χ4v) is 1.52. The van der Waals surface area contributed by atoms with Crippen LogP contribution in [-0.4, -0.2) is 29.6 Å². The molecule has 0 spiro atoms. The van der Waals surface area contributed by atoms with E-state index in [0.717, 1.165) is 5.56 Å². The standard InChI is InChI=1S/C12H15ClN2O3/c1-7-5-9(13)3-4-10(7)15-11(16)6-14-8(2)12(17)18/h3-5,8,14H,6H2,1-2H3,(H,15,16)(H,17,18). The SMILES string of the molecule is Cc1cc(Cl)ccc1NC(=O)CNC(C)C(=O)O. The van der Waals surface area contributed by atoms with Gasteiger partial charge in [-0.2, -0.15) is 0 Å². The van der Waals surface area contributed by atoms with Crippen LogP contribution in [-0.2, 0) is 9.59 Å². The summed E-state index contributed by atoms with van der Waals surface area (Å²) in [5.74, 6) is -1.29. The van der Waals surface area contributed by atoms with Gasteiger partial charge < -0.3 is 10.4 Å². The van der Waals surface area contributed by atoms with Gasteiger partial charge in [-0.25, -0.2) is 0 Å².